The molecule has 1 fully saturated rings. The van der Waals surface area contributed by atoms with Crippen molar-refractivity contribution in [1.29, 1.82) is 0 Å². The first kappa shape index (κ1) is 33.1. The number of ketones is 1. The maximum absolute atomic E-state index is 15.5. The number of aromatic nitrogens is 3. The number of nitrogen functional groups attached to an aromatic ring is 1. The minimum atomic E-state index is -4.62. The summed E-state index contributed by atoms with van der Waals surface area (Å²) in [5.74, 6) is -2.40. The van der Waals surface area contributed by atoms with Crippen molar-refractivity contribution in [2.45, 2.75) is 38.3 Å². The fourth-order valence-electron chi connectivity index (χ4n) is 5.71. The van der Waals surface area contributed by atoms with Gasteiger partial charge in [0.25, 0.3) is 0 Å². The van der Waals surface area contributed by atoms with Crippen molar-refractivity contribution in [3.63, 3.8) is 0 Å². The van der Waals surface area contributed by atoms with E-state index in [1.807, 2.05) is 0 Å². The Morgan fingerprint density at radius 1 is 1.02 bits per heavy atom. The van der Waals surface area contributed by atoms with E-state index in [1.54, 1.807) is 24.3 Å². The van der Waals surface area contributed by atoms with Gasteiger partial charge in [-0.15, -0.1) is 0 Å². The van der Waals surface area contributed by atoms with E-state index < -0.39 is 41.6 Å². The number of rotatable bonds is 8. The Hall–Kier alpha value is -5.86. The highest BCUT2D eigenvalue weighted by Gasteiger charge is 2.40. The maximum atomic E-state index is 15.5. The van der Waals surface area contributed by atoms with Crippen LogP contribution in [0.3, 0.4) is 0 Å². The molecule has 1 aliphatic rings. The molecular formula is C34H27F5N6O4. The van der Waals surface area contributed by atoms with Crippen LogP contribution in [0.15, 0.2) is 79.3 Å². The van der Waals surface area contributed by atoms with Gasteiger partial charge in [0.05, 0.1) is 17.8 Å². The van der Waals surface area contributed by atoms with E-state index in [0.717, 1.165) is 4.90 Å². The monoisotopic (exact) mass is 678 g/mol. The normalized spacial score (nSPS) is 16.2. The molecule has 1 aliphatic heterocycles. The molecule has 6 rings (SSSR count). The Morgan fingerprint density at radius 2 is 1.73 bits per heavy atom. The average Bonchev–Trinajstić information content (AvgIpc) is 3.63. The molecule has 0 spiro atoms. The topological polar surface area (TPSA) is 132 Å². The molecule has 0 saturated carbocycles. The summed E-state index contributed by atoms with van der Waals surface area (Å²) in [6.45, 7) is 0.561. The summed E-state index contributed by atoms with van der Waals surface area (Å²) in [7, 11) is 0. The Kier molecular flexibility index (Phi) is 8.75. The number of carbonyl (C=O) groups is 3. The quantitative estimate of drug-likeness (QED) is 0.110. The minimum Gasteiger partial charge on any atom is -0.424 e. The number of benzene rings is 3. The molecule has 2 aromatic heterocycles. The summed E-state index contributed by atoms with van der Waals surface area (Å²) in [6.07, 6.45) is -3.86. The van der Waals surface area contributed by atoms with Gasteiger partial charge >= 0.3 is 12.2 Å². The lowest BCUT2D eigenvalue weighted by atomic mass is 10.0. The first-order valence-corrected chi connectivity index (χ1v) is 14.9. The van der Waals surface area contributed by atoms with Crippen molar-refractivity contribution in [3.05, 3.63) is 96.2 Å². The standard InChI is InChI=1S/C34H27F5N6O4/c1-18(46)25-16-44(28-10-9-21(12-24(25)28)49-33-41-13-19(14-42-33)34(37,38)39)17-30(47)45-15-20(35)11-29(45)32(48)43-27-8-4-6-23(31(27)36)22-5-2-3-7-26(22)40/h2-10,12-14,16,20,29H,11,15,17,40H2,1H3,(H,43,48)/t20-,29+/m1/s1. The fourth-order valence-corrected chi connectivity index (χ4v) is 5.71. The highest BCUT2D eigenvalue weighted by Crippen LogP contribution is 2.34. The Bertz CT molecular complexity index is 2080. The number of hydrogen-bond acceptors (Lipinski definition) is 7. The molecule has 0 bridgehead atoms. The predicted molar refractivity (Wildman–Crippen MR) is 169 cm³/mol. The van der Waals surface area contributed by atoms with Crippen LogP contribution >= 0.6 is 0 Å². The lowest BCUT2D eigenvalue weighted by Crippen LogP contribution is -2.44. The van der Waals surface area contributed by atoms with Gasteiger partial charge in [-0.2, -0.15) is 13.2 Å². The summed E-state index contributed by atoms with van der Waals surface area (Å²) in [4.78, 5) is 47.7. The van der Waals surface area contributed by atoms with E-state index in [9.17, 15) is 31.9 Å². The molecule has 10 nitrogen and oxygen atoms in total. The fraction of sp³-hybridized carbons (Fsp3) is 0.206. The van der Waals surface area contributed by atoms with Crippen LogP contribution in [-0.4, -0.2) is 55.8 Å². The number of amides is 2. The molecular weight excluding hydrogens is 651 g/mol. The maximum Gasteiger partial charge on any atom is 0.419 e. The highest BCUT2D eigenvalue weighted by atomic mass is 19.4. The zero-order valence-corrected chi connectivity index (χ0v) is 25.7. The van der Waals surface area contributed by atoms with Gasteiger partial charge < -0.3 is 25.3 Å². The summed E-state index contributed by atoms with van der Waals surface area (Å²) in [6, 6.07) is 13.8. The van der Waals surface area contributed by atoms with Crippen molar-refractivity contribution >= 4 is 39.9 Å². The molecule has 15 heteroatoms. The van der Waals surface area contributed by atoms with Crippen LogP contribution in [-0.2, 0) is 22.3 Å². The predicted octanol–water partition coefficient (Wildman–Crippen LogP) is 6.41. The molecule has 1 saturated heterocycles. The van der Waals surface area contributed by atoms with Crippen LogP contribution in [0.2, 0.25) is 0 Å². The first-order chi connectivity index (χ1) is 23.3. The summed E-state index contributed by atoms with van der Waals surface area (Å²) in [5.41, 5.74) is 6.32. The first-order valence-electron chi connectivity index (χ1n) is 14.9. The third-order valence-electron chi connectivity index (χ3n) is 8.08. The van der Waals surface area contributed by atoms with E-state index in [1.165, 1.54) is 54.1 Å². The van der Waals surface area contributed by atoms with Crippen molar-refractivity contribution in [2.75, 3.05) is 17.6 Å². The summed E-state index contributed by atoms with van der Waals surface area (Å²) >= 11 is 0. The number of ether oxygens (including phenoxy) is 1. The second-order valence-electron chi connectivity index (χ2n) is 11.4. The molecule has 252 valence electrons. The number of alkyl halides is 4. The highest BCUT2D eigenvalue weighted by molar-refractivity contribution is 6.07. The van der Waals surface area contributed by atoms with Crippen molar-refractivity contribution in [2.24, 2.45) is 0 Å². The van der Waals surface area contributed by atoms with Crippen LogP contribution in [0.4, 0.5) is 33.3 Å². The number of likely N-dealkylation sites (tertiary alicyclic amines) is 1. The number of nitrogens with one attached hydrogen (secondary N) is 1. The Balaban J connectivity index is 1.21. The number of nitrogens with zero attached hydrogens (tertiary/aromatic N) is 4. The molecule has 3 aromatic carbocycles. The molecule has 0 aliphatic carbocycles. The number of para-hydroxylation sites is 1. The van der Waals surface area contributed by atoms with E-state index in [2.05, 4.69) is 15.3 Å². The van der Waals surface area contributed by atoms with Gasteiger partial charge in [0, 0.05) is 58.3 Å². The smallest absolute Gasteiger partial charge is 0.419 e. The van der Waals surface area contributed by atoms with Gasteiger partial charge in [0.15, 0.2) is 11.6 Å². The van der Waals surface area contributed by atoms with Gasteiger partial charge in [0.1, 0.15) is 24.5 Å². The SMILES string of the molecule is CC(=O)c1cn(CC(=O)N2C[C@H](F)C[C@H]2C(=O)Nc2cccc(-c3ccccc3N)c2F)c2ccc(Oc3ncc(C(F)(F)F)cn3)cc12. The van der Waals surface area contributed by atoms with Crippen LogP contribution in [0, 0.1) is 5.82 Å². The van der Waals surface area contributed by atoms with E-state index in [-0.39, 0.29) is 53.9 Å². The third-order valence-corrected chi connectivity index (χ3v) is 8.08. The van der Waals surface area contributed by atoms with Crippen LogP contribution < -0.4 is 15.8 Å². The van der Waals surface area contributed by atoms with Crippen molar-refractivity contribution in [1.82, 2.24) is 19.4 Å². The van der Waals surface area contributed by atoms with Gasteiger partial charge in [-0.3, -0.25) is 14.4 Å². The van der Waals surface area contributed by atoms with E-state index >= 15 is 4.39 Å². The van der Waals surface area contributed by atoms with Crippen molar-refractivity contribution < 1.29 is 41.1 Å². The van der Waals surface area contributed by atoms with Crippen LogP contribution in [0.1, 0.15) is 29.3 Å². The number of halogens is 5. The molecule has 2 atom stereocenters. The number of hydrogen-bond donors (Lipinski definition) is 2. The number of fused-ring (bicyclic) bond motifs is 1. The Labute approximate surface area is 275 Å². The van der Waals surface area contributed by atoms with Gasteiger partial charge in [-0.05, 0) is 37.3 Å². The third kappa shape index (κ3) is 6.77. The molecule has 3 N–H and O–H groups in total. The Morgan fingerprint density at radius 3 is 2.43 bits per heavy atom. The second-order valence-corrected chi connectivity index (χ2v) is 11.4. The molecule has 0 radical (unpaired) electrons. The van der Waals surface area contributed by atoms with Gasteiger partial charge in [-0.25, -0.2) is 18.7 Å². The number of carbonyl (C=O) groups excluding carboxylic acids is 3. The van der Waals surface area contributed by atoms with E-state index in [0.29, 0.717) is 34.5 Å². The van der Waals surface area contributed by atoms with Gasteiger partial charge in [-0.1, -0.05) is 30.3 Å². The summed E-state index contributed by atoms with van der Waals surface area (Å²) in [5, 5.41) is 2.85. The lowest BCUT2D eigenvalue weighted by Gasteiger charge is -2.24. The molecule has 2 amide bonds. The summed E-state index contributed by atoms with van der Waals surface area (Å²) < 4.78 is 75.8. The number of Topliss-reactive ketones (excluding diaryl/α,β-unsaturated/α-hetero) is 1. The van der Waals surface area contributed by atoms with E-state index in [4.69, 9.17) is 10.5 Å². The zero-order chi connectivity index (χ0) is 35.0. The number of nitrogens with two attached hydrogens (primary N) is 1. The average molecular weight is 679 g/mol. The molecule has 5 aromatic rings. The number of anilines is 2. The second kappa shape index (κ2) is 13.0. The van der Waals surface area contributed by atoms with Crippen LogP contribution in [0.25, 0.3) is 22.0 Å². The molecule has 0 unspecified atom stereocenters. The molecule has 49 heavy (non-hydrogen) atoms. The zero-order valence-electron chi connectivity index (χ0n) is 25.7. The lowest BCUT2D eigenvalue weighted by molar-refractivity contribution is -0.138. The minimum absolute atomic E-state index is 0.113. The largest absolute Gasteiger partial charge is 0.424 e. The van der Waals surface area contributed by atoms with Crippen LogP contribution in [0.5, 0.6) is 11.8 Å². The van der Waals surface area contributed by atoms with Gasteiger partial charge in [0.2, 0.25) is 11.8 Å². The van der Waals surface area contributed by atoms with Crippen molar-refractivity contribution in [3.8, 4) is 22.9 Å². The molecule has 3 heterocycles.